The van der Waals surface area contributed by atoms with Crippen LogP contribution in [0.15, 0.2) is 54.7 Å². The zero-order chi connectivity index (χ0) is 17.2. The van der Waals surface area contributed by atoms with Gasteiger partial charge in [-0.2, -0.15) is 0 Å². The van der Waals surface area contributed by atoms with Crippen molar-refractivity contribution in [2.75, 3.05) is 13.1 Å². The Labute approximate surface area is 146 Å². The van der Waals surface area contributed by atoms with E-state index < -0.39 is 0 Å². The van der Waals surface area contributed by atoms with E-state index in [4.69, 9.17) is 0 Å². The molecule has 1 saturated heterocycles. The Morgan fingerprint density at radius 2 is 1.72 bits per heavy atom. The summed E-state index contributed by atoms with van der Waals surface area (Å²) in [4.78, 5) is 6.72. The maximum Gasteiger partial charge on any atom is 0.146 e. The van der Waals surface area contributed by atoms with Gasteiger partial charge < -0.3 is 5.11 Å². The second kappa shape index (κ2) is 6.81. The van der Waals surface area contributed by atoms with Gasteiger partial charge in [0.15, 0.2) is 0 Å². The minimum absolute atomic E-state index is 0.0905. The summed E-state index contributed by atoms with van der Waals surface area (Å²) in [5, 5.41) is 11.8. The predicted octanol–water partition coefficient (Wildman–Crippen LogP) is 4.65. The summed E-state index contributed by atoms with van der Waals surface area (Å²) in [5.74, 6) is -0.0245. The van der Waals surface area contributed by atoms with Crippen LogP contribution in [-0.4, -0.2) is 28.1 Å². The molecule has 1 aliphatic heterocycles. The number of phenolic OH excluding ortho intramolecular Hbond substituents is 1. The first-order valence-corrected chi connectivity index (χ1v) is 8.80. The van der Waals surface area contributed by atoms with Crippen LogP contribution < -0.4 is 0 Å². The van der Waals surface area contributed by atoms with Crippen molar-refractivity contribution in [2.24, 2.45) is 0 Å². The molecule has 1 fully saturated rings. The molecule has 1 aromatic heterocycles. The molecule has 25 heavy (non-hydrogen) atoms. The number of aromatic hydroxyl groups is 1. The van der Waals surface area contributed by atoms with E-state index in [0.717, 1.165) is 42.4 Å². The minimum Gasteiger partial charge on any atom is -0.505 e. The molecule has 128 valence electrons. The molecule has 4 heteroatoms. The normalized spacial score (nSPS) is 16.8. The highest BCUT2D eigenvalue weighted by Crippen LogP contribution is 2.38. The molecule has 0 aliphatic carbocycles. The number of halogens is 1. The lowest BCUT2D eigenvalue weighted by Crippen LogP contribution is -2.34. The molecular formula is C21H21FN2O. The first-order valence-electron chi connectivity index (χ1n) is 8.80. The highest BCUT2D eigenvalue weighted by atomic mass is 19.1. The second-order valence-electron chi connectivity index (χ2n) is 6.63. The van der Waals surface area contributed by atoms with Gasteiger partial charge in [0, 0.05) is 17.1 Å². The predicted molar refractivity (Wildman–Crippen MR) is 97.1 cm³/mol. The molecule has 0 spiro atoms. The SMILES string of the molecule is Oc1c(C(c2ccc(F)cc2)N2CCCCC2)ccc2cccnc12. The van der Waals surface area contributed by atoms with Gasteiger partial charge in [0.1, 0.15) is 17.1 Å². The largest absolute Gasteiger partial charge is 0.505 e. The highest BCUT2D eigenvalue weighted by molar-refractivity contribution is 5.85. The van der Waals surface area contributed by atoms with Gasteiger partial charge in [-0.3, -0.25) is 9.88 Å². The molecule has 3 nitrogen and oxygen atoms in total. The molecule has 3 aromatic rings. The average molecular weight is 336 g/mol. The highest BCUT2D eigenvalue weighted by Gasteiger charge is 2.27. The molecule has 2 aromatic carbocycles. The van der Waals surface area contributed by atoms with Crippen molar-refractivity contribution in [3.8, 4) is 5.75 Å². The number of benzene rings is 2. The van der Waals surface area contributed by atoms with Crippen LogP contribution in [0.25, 0.3) is 10.9 Å². The van der Waals surface area contributed by atoms with Crippen LogP contribution in [0.1, 0.15) is 36.4 Å². The molecule has 1 N–H and O–H groups in total. The topological polar surface area (TPSA) is 36.4 Å². The Morgan fingerprint density at radius 3 is 2.48 bits per heavy atom. The van der Waals surface area contributed by atoms with Crippen molar-refractivity contribution in [3.05, 3.63) is 71.7 Å². The number of rotatable bonds is 3. The standard InChI is InChI=1S/C21H21FN2O/c22-17-9-6-16(7-10-17)20(24-13-2-1-3-14-24)18-11-8-15-5-4-12-23-19(15)21(18)25/h4-12,20,25H,1-3,13-14H2. The second-order valence-corrected chi connectivity index (χ2v) is 6.63. The van der Waals surface area contributed by atoms with Crippen molar-refractivity contribution in [1.82, 2.24) is 9.88 Å². The van der Waals surface area contributed by atoms with Crippen molar-refractivity contribution >= 4 is 10.9 Å². The Bertz CT molecular complexity index is 873. The maximum absolute atomic E-state index is 13.4. The quantitative estimate of drug-likeness (QED) is 0.756. The first-order chi connectivity index (χ1) is 12.2. The molecule has 2 heterocycles. The van der Waals surface area contributed by atoms with Crippen LogP contribution in [-0.2, 0) is 0 Å². The molecule has 1 unspecified atom stereocenters. The summed E-state index contributed by atoms with van der Waals surface area (Å²) in [6.45, 7) is 1.95. The van der Waals surface area contributed by atoms with Crippen molar-refractivity contribution in [1.29, 1.82) is 0 Å². The summed E-state index contributed by atoms with van der Waals surface area (Å²) >= 11 is 0. The fourth-order valence-corrected chi connectivity index (χ4v) is 3.77. The lowest BCUT2D eigenvalue weighted by molar-refractivity contribution is 0.185. The summed E-state index contributed by atoms with van der Waals surface area (Å²) in [6.07, 6.45) is 5.21. The number of fused-ring (bicyclic) bond motifs is 1. The lowest BCUT2D eigenvalue weighted by Gasteiger charge is -2.35. The van der Waals surface area contributed by atoms with Gasteiger partial charge in [-0.05, 0) is 49.7 Å². The van der Waals surface area contributed by atoms with Crippen LogP contribution in [0.3, 0.4) is 0 Å². The van der Waals surface area contributed by atoms with E-state index in [-0.39, 0.29) is 17.6 Å². The number of hydrogen-bond acceptors (Lipinski definition) is 3. The van der Waals surface area contributed by atoms with Gasteiger partial charge in [-0.25, -0.2) is 4.39 Å². The third-order valence-corrected chi connectivity index (χ3v) is 5.02. The number of pyridine rings is 1. The van der Waals surface area contributed by atoms with Crippen LogP contribution in [0.4, 0.5) is 4.39 Å². The van der Waals surface area contributed by atoms with E-state index in [1.807, 2.05) is 36.4 Å². The van der Waals surface area contributed by atoms with Gasteiger partial charge in [-0.15, -0.1) is 0 Å². The number of aromatic nitrogens is 1. The summed E-state index contributed by atoms with van der Waals surface area (Å²) in [7, 11) is 0. The fourth-order valence-electron chi connectivity index (χ4n) is 3.77. The maximum atomic E-state index is 13.4. The number of phenols is 1. The number of hydrogen-bond donors (Lipinski definition) is 1. The van der Waals surface area contributed by atoms with E-state index in [9.17, 15) is 9.50 Å². The van der Waals surface area contributed by atoms with Crippen molar-refractivity contribution in [3.63, 3.8) is 0 Å². The van der Waals surface area contributed by atoms with E-state index in [1.54, 1.807) is 6.20 Å². The summed E-state index contributed by atoms with van der Waals surface area (Å²) in [5.41, 5.74) is 2.44. The van der Waals surface area contributed by atoms with Gasteiger partial charge in [0.2, 0.25) is 0 Å². The van der Waals surface area contributed by atoms with Crippen LogP contribution in [0.5, 0.6) is 5.75 Å². The molecule has 0 bridgehead atoms. The molecule has 0 saturated carbocycles. The van der Waals surface area contributed by atoms with Crippen LogP contribution in [0, 0.1) is 5.82 Å². The Kier molecular flexibility index (Phi) is 4.36. The van der Waals surface area contributed by atoms with E-state index in [0.29, 0.717) is 5.52 Å². The fraction of sp³-hybridized carbons (Fsp3) is 0.286. The Hall–Kier alpha value is -2.46. The van der Waals surface area contributed by atoms with Crippen LogP contribution in [0.2, 0.25) is 0 Å². The Morgan fingerprint density at radius 1 is 0.960 bits per heavy atom. The van der Waals surface area contributed by atoms with Gasteiger partial charge >= 0.3 is 0 Å². The van der Waals surface area contributed by atoms with Crippen molar-refractivity contribution < 1.29 is 9.50 Å². The molecular weight excluding hydrogens is 315 g/mol. The average Bonchev–Trinajstić information content (AvgIpc) is 2.66. The molecule has 1 aliphatic rings. The van der Waals surface area contributed by atoms with Crippen molar-refractivity contribution in [2.45, 2.75) is 25.3 Å². The number of piperidine rings is 1. The van der Waals surface area contributed by atoms with E-state index in [1.165, 1.54) is 18.6 Å². The van der Waals surface area contributed by atoms with E-state index in [2.05, 4.69) is 9.88 Å². The molecule has 1 atom stereocenters. The summed E-state index contributed by atoms with van der Waals surface area (Å²) in [6, 6.07) is 14.3. The van der Waals surface area contributed by atoms with Crippen LogP contribution >= 0.6 is 0 Å². The lowest BCUT2D eigenvalue weighted by atomic mass is 9.93. The van der Waals surface area contributed by atoms with E-state index >= 15 is 0 Å². The first kappa shape index (κ1) is 16.0. The monoisotopic (exact) mass is 336 g/mol. The smallest absolute Gasteiger partial charge is 0.146 e. The zero-order valence-electron chi connectivity index (χ0n) is 14.0. The molecule has 0 amide bonds. The molecule has 0 radical (unpaired) electrons. The van der Waals surface area contributed by atoms with Gasteiger partial charge in [-0.1, -0.05) is 36.8 Å². The Balaban J connectivity index is 1.85. The van der Waals surface area contributed by atoms with Gasteiger partial charge in [0.05, 0.1) is 6.04 Å². The third kappa shape index (κ3) is 3.10. The number of nitrogens with zero attached hydrogens (tertiary/aromatic N) is 2. The number of likely N-dealkylation sites (tertiary alicyclic amines) is 1. The summed E-state index contributed by atoms with van der Waals surface area (Å²) < 4.78 is 13.4. The zero-order valence-corrected chi connectivity index (χ0v) is 14.0. The van der Waals surface area contributed by atoms with Gasteiger partial charge in [0.25, 0.3) is 0 Å². The molecule has 4 rings (SSSR count). The minimum atomic E-state index is -0.245. The third-order valence-electron chi connectivity index (χ3n) is 5.02.